The van der Waals surface area contributed by atoms with Gasteiger partial charge in [-0.3, -0.25) is 9.59 Å². The summed E-state index contributed by atoms with van der Waals surface area (Å²) < 4.78 is 13.6. The summed E-state index contributed by atoms with van der Waals surface area (Å²) >= 11 is 0. The molecule has 0 aromatic heterocycles. The van der Waals surface area contributed by atoms with E-state index in [-0.39, 0.29) is 19.0 Å². The van der Waals surface area contributed by atoms with Gasteiger partial charge in [0.05, 0.1) is 6.42 Å². The van der Waals surface area contributed by atoms with Crippen LogP contribution in [0.1, 0.15) is 30.6 Å². The van der Waals surface area contributed by atoms with Crippen molar-refractivity contribution in [1.82, 2.24) is 4.90 Å². The fraction of sp³-hybridized carbons (Fsp3) is 0.385. The number of amides is 1. The molecule has 6 heteroatoms. The zero-order valence-electron chi connectivity index (χ0n) is 10.8. The average Bonchev–Trinajstić information content (AvgIpc) is 2.27. The summed E-state index contributed by atoms with van der Waals surface area (Å²) in [5, 5.41) is 18.2. The summed E-state index contributed by atoms with van der Waals surface area (Å²) in [5.41, 5.74) is -0.429. The summed E-state index contributed by atoms with van der Waals surface area (Å²) in [4.78, 5) is 23.9. The lowest BCUT2D eigenvalue weighted by atomic mass is 10.1. The first kappa shape index (κ1) is 14.9. The summed E-state index contributed by atoms with van der Waals surface area (Å²) in [6.07, 6.45) is -0.237. The number of benzene rings is 1. The third kappa shape index (κ3) is 3.67. The Hall–Kier alpha value is -2.11. The van der Waals surface area contributed by atoms with Gasteiger partial charge in [0.2, 0.25) is 0 Å². The van der Waals surface area contributed by atoms with Crippen LogP contribution in [0.3, 0.4) is 0 Å². The van der Waals surface area contributed by atoms with Gasteiger partial charge in [-0.1, -0.05) is 6.07 Å². The van der Waals surface area contributed by atoms with Crippen molar-refractivity contribution in [1.29, 1.82) is 0 Å². The fourth-order valence-corrected chi connectivity index (χ4v) is 1.68. The first-order valence-corrected chi connectivity index (χ1v) is 5.84. The minimum absolute atomic E-state index is 0.0421. The molecule has 0 radical (unpaired) electrons. The van der Waals surface area contributed by atoms with Crippen molar-refractivity contribution < 1.29 is 24.2 Å². The Labute approximate surface area is 110 Å². The lowest BCUT2D eigenvalue weighted by molar-refractivity contribution is -0.137. The van der Waals surface area contributed by atoms with Crippen LogP contribution in [-0.2, 0) is 4.79 Å². The van der Waals surface area contributed by atoms with Crippen molar-refractivity contribution in [3.8, 4) is 5.75 Å². The molecule has 104 valence electrons. The molecule has 1 aromatic rings. The maximum atomic E-state index is 13.6. The van der Waals surface area contributed by atoms with Gasteiger partial charge in [-0.2, -0.15) is 0 Å². The van der Waals surface area contributed by atoms with Gasteiger partial charge in [-0.15, -0.1) is 0 Å². The molecule has 0 spiro atoms. The van der Waals surface area contributed by atoms with Crippen LogP contribution in [0.4, 0.5) is 4.39 Å². The van der Waals surface area contributed by atoms with Crippen LogP contribution in [0, 0.1) is 5.82 Å². The van der Waals surface area contributed by atoms with E-state index in [1.807, 2.05) is 0 Å². The van der Waals surface area contributed by atoms with Crippen LogP contribution in [0.25, 0.3) is 0 Å². The van der Waals surface area contributed by atoms with Crippen molar-refractivity contribution in [2.75, 3.05) is 6.54 Å². The Balaban J connectivity index is 3.03. The topological polar surface area (TPSA) is 77.8 Å². The Morgan fingerprint density at radius 2 is 2.00 bits per heavy atom. The van der Waals surface area contributed by atoms with Crippen molar-refractivity contribution in [3.63, 3.8) is 0 Å². The molecule has 0 saturated carbocycles. The van der Waals surface area contributed by atoms with Crippen LogP contribution in [0.2, 0.25) is 0 Å². The Bertz CT molecular complexity index is 467. The number of aliphatic carboxylic acids is 1. The second kappa shape index (κ2) is 6.17. The van der Waals surface area contributed by atoms with Crippen LogP contribution in [-0.4, -0.2) is 39.6 Å². The third-order valence-corrected chi connectivity index (χ3v) is 2.66. The number of aromatic hydroxyl groups is 1. The normalized spacial score (nSPS) is 10.5. The second-order valence-electron chi connectivity index (χ2n) is 4.37. The summed E-state index contributed by atoms with van der Waals surface area (Å²) in [6.45, 7) is 3.34. The van der Waals surface area contributed by atoms with E-state index in [4.69, 9.17) is 5.11 Å². The van der Waals surface area contributed by atoms with Crippen LogP contribution >= 0.6 is 0 Å². The Morgan fingerprint density at radius 3 is 2.47 bits per heavy atom. The molecular weight excluding hydrogens is 253 g/mol. The molecule has 0 atom stereocenters. The number of nitrogens with zero attached hydrogens (tertiary/aromatic N) is 1. The first-order valence-electron chi connectivity index (χ1n) is 5.84. The summed E-state index contributed by atoms with van der Waals surface area (Å²) in [5.74, 6) is -3.04. The number of rotatable bonds is 5. The van der Waals surface area contributed by atoms with E-state index in [0.717, 1.165) is 6.07 Å². The number of hydrogen-bond donors (Lipinski definition) is 2. The number of carbonyl (C=O) groups excluding carboxylic acids is 1. The van der Waals surface area contributed by atoms with Gasteiger partial charge in [0.15, 0.2) is 0 Å². The molecule has 0 aliphatic carbocycles. The highest BCUT2D eigenvalue weighted by atomic mass is 19.1. The fourth-order valence-electron chi connectivity index (χ4n) is 1.68. The molecule has 0 aliphatic rings. The first-order chi connectivity index (χ1) is 8.84. The predicted octanol–water partition coefficient (Wildman–Crippen LogP) is 1.86. The maximum absolute atomic E-state index is 13.6. The molecule has 0 aliphatic heterocycles. The van der Waals surface area contributed by atoms with Gasteiger partial charge in [-0.25, -0.2) is 4.39 Å². The average molecular weight is 269 g/mol. The second-order valence-corrected chi connectivity index (χ2v) is 4.37. The molecule has 1 rings (SSSR count). The highest BCUT2D eigenvalue weighted by Crippen LogP contribution is 2.22. The highest BCUT2D eigenvalue weighted by molar-refractivity contribution is 5.97. The Kier molecular flexibility index (Phi) is 4.86. The number of phenolic OH excluding ortho intramolecular Hbond substituents is 1. The molecule has 1 amide bonds. The van der Waals surface area contributed by atoms with Crippen LogP contribution in [0.15, 0.2) is 18.2 Å². The quantitative estimate of drug-likeness (QED) is 0.855. The molecular formula is C13H16FNO4. The van der Waals surface area contributed by atoms with Crippen molar-refractivity contribution in [2.45, 2.75) is 26.3 Å². The number of halogens is 1. The molecule has 0 saturated heterocycles. The highest BCUT2D eigenvalue weighted by Gasteiger charge is 2.24. The molecule has 0 unspecified atom stereocenters. The van der Waals surface area contributed by atoms with Crippen molar-refractivity contribution in [3.05, 3.63) is 29.6 Å². The number of carboxylic acids is 1. The standard InChI is InChI=1S/C13H16FNO4/c1-8(2)15(7-6-11(17)18)13(19)12-9(14)4-3-5-10(12)16/h3-5,8,16H,6-7H2,1-2H3,(H,17,18). The van der Waals surface area contributed by atoms with E-state index < -0.39 is 29.0 Å². The summed E-state index contributed by atoms with van der Waals surface area (Å²) in [6, 6.07) is 3.28. The zero-order valence-corrected chi connectivity index (χ0v) is 10.8. The molecule has 19 heavy (non-hydrogen) atoms. The Morgan fingerprint density at radius 1 is 1.37 bits per heavy atom. The van der Waals surface area contributed by atoms with E-state index in [2.05, 4.69) is 0 Å². The number of carboxylic acid groups (broad SMARTS) is 1. The summed E-state index contributed by atoms with van der Waals surface area (Å²) in [7, 11) is 0. The largest absolute Gasteiger partial charge is 0.507 e. The van der Waals surface area contributed by atoms with Crippen molar-refractivity contribution in [2.24, 2.45) is 0 Å². The van der Waals surface area contributed by atoms with Gasteiger partial charge in [0.25, 0.3) is 5.91 Å². The van der Waals surface area contributed by atoms with Crippen LogP contribution in [0.5, 0.6) is 5.75 Å². The van der Waals surface area contributed by atoms with E-state index in [1.54, 1.807) is 13.8 Å². The SMILES string of the molecule is CC(C)N(CCC(=O)O)C(=O)c1c(O)cccc1F. The number of carbonyl (C=O) groups is 2. The van der Waals surface area contributed by atoms with Gasteiger partial charge < -0.3 is 15.1 Å². The lowest BCUT2D eigenvalue weighted by Gasteiger charge is -2.26. The van der Waals surface area contributed by atoms with Gasteiger partial charge in [0.1, 0.15) is 17.1 Å². The van der Waals surface area contributed by atoms with E-state index in [0.29, 0.717) is 0 Å². The smallest absolute Gasteiger partial charge is 0.305 e. The van der Waals surface area contributed by atoms with E-state index in [9.17, 15) is 19.1 Å². The van der Waals surface area contributed by atoms with Gasteiger partial charge >= 0.3 is 5.97 Å². The molecule has 2 N–H and O–H groups in total. The van der Waals surface area contributed by atoms with Gasteiger partial charge in [0, 0.05) is 12.6 Å². The monoisotopic (exact) mass is 269 g/mol. The van der Waals surface area contributed by atoms with Gasteiger partial charge in [-0.05, 0) is 26.0 Å². The predicted molar refractivity (Wildman–Crippen MR) is 66.5 cm³/mol. The van der Waals surface area contributed by atoms with E-state index >= 15 is 0 Å². The maximum Gasteiger partial charge on any atom is 0.305 e. The zero-order chi connectivity index (χ0) is 14.6. The molecule has 0 heterocycles. The number of hydrogen-bond acceptors (Lipinski definition) is 3. The lowest BCUT2D eigenvalue weighted by Crippen LogP contribution is -2.39. The molecule has 1 aromatic carbocycles. The third-order valence-electron chi connectivity index (χ3n) is 2.66. The minimum Gasteiger partial charge on any atom is -0.507 e. The van der Waals surface area contributed by atoms with Crippen molar-refractivity contribution >= 4 is 11.9 Å². The van der Waals surface area contributed by atoms with E-state index in [1.165, 1.54) is 17.0 Å². The molecule has 0 fully saturated rings. The number of phenols is 1. The minimum atomic E-state index is -1.05. The molecule has 5 nitrogen and oxygen atoms in total. The molecule has 0 bridgehead atoms. The van der Waals surface area contributed by atoms with Crippen LogP contribution < -0.4 is 0 Å².